The topological polar surface area (TPSA) is 9.23 Å². The van der Waals surface area contributed by atoms with Gasteiger partial charge in [0.25, 0.3) is 0 Å². The second kappa shape index (κ2) is 6.33. The van der Waals surface area contributed by atoms with Gasteiger partial charge in [0.2, 0.25) is 0 Å². The lowest BCUT2D eigenvalue weighted by molar-refractivity contribution is 0.554. The minimum Gasteiger partial charge on any atom is -0.454 e. The molecule has 0 amide bonds. The molecule has 17 heavy (non-hydrogen) atoms. The second-order valence-electron chi connectivity index (χ2n) is 4.94. The molecule has 0 atom stereocenters. The Hall–Kier alpha value is -0.646. The van der Waals surface area contributed by atoms with Gasteiger partial charge < -0.3 is 4.12 Å². The maximum Gasteiger partial charge on any atom is 0.187 e. The molecule has 1 fully saturated rings. The van der Waals surface area contributed by atoms with E-state index in [2.05, 4.69) is 26.3 Å². The summed E-state index contributed by atoms with van der Waals surface area (Å²) < 4.78 is 6.69. The van der Waals surface area contributed by atoms with E-state index in [4.69, 9.17) is 4.12 Å². The molecule has 0 spiro atoms. The molecule has 1 saturated heterocycles. The zero-order chi connectivity index (χ0) is 12.8. The Morgan fingerprint density at radius 3 is 1.24 bits per heavy atom. The molecule has 94 valence electrons. The quantitative estimate of drug-likeness (QED) is 0.458. The molecule has 3 heteroatoms. The molecule has 0 N–H and O–H groups in total. The van der Waals surface area contributed by atoms with E-state index in [9.17, 15) is 0 Å². The highest BCUT2D eigenvalue weighted by molar-refractivity contribution is 6.92. The Bertz CT molecular complexity index is 259. The lowest BCUT2D eigenvalue weighted by Gasteiger charge is -2.31. The van der Waals surface area contributed by atoms with Crippen molar-refractivity contribution in [1.29, 1.82) is 0 Å². The number of rotatable bonds is 8. The Kier molecular flexibility index (Phi) is 5.37. The van der Waals surface area contributed by atoms with E-state index in [1.807, 2.05) is 24.3 Å². The first-order valence-corrected chi connectivity index (χ1v) is 11.4. The molecule has 1 aliphatic heterocycles. The third kappa shape index (κ3) is 3.41. The van der Waals surface area contributed by atoms with Crippen LogP contribution in [-0.4, -0.2) is 16.6 Å². The molecule has 1 heterocycles. The van der Waals surface area contributed by atoms with Gasteiger partial charge in [-0.25, -0.2) is 0 Å². The predicted molar refractivity (Wildman–Crippen MR) is 82.2 cm³/mol. The zero-order valence-electron chi connectivity index (χ0n) is 10.8. The standard InChI is InChI=1S/C14H24OSi2/c1-5-9-16(10-6-2)13-14-17(15-16,11-7-3)12-8-4/h5-8H,1-4,9-14H2. The van der Waals surface area contributed by atoms with E-state index in [1.165, 1.54) is 12.1 Å². The molecule has 0 radical (unpaired) electrons. The van der Waals surface area contributed by atoms with Crippen LogP contribution in [0.25, 0.3) is 0 Å². The lowest BCUT2D eigenvalue weighted by Crippen LogP contribution is -2.41. The second-order valence-corrected chi connectivity index (χ2v) is 13.1. The first kappa shape index (κ1) is 14.4. The molecule has 0 aromatic rings. The minimum atomic E-state index is -1.61. The van der Waals surface area contributed by atoms with Gasteiger partial charge in [0, 0.05) is 0 Å². The van der Waals surface area contributed by atoms with Gasteiger partial charge in [0.15, 0.2) is 16.6 Å². The van der Waals surface area contributed by atoms with Crippen molar-refractivity contribution in [3.63, 3.8) is 0 Å². The van der Waals surface area contributed by atoms with Gasteiger partial charge in [0.1, 0.15) is 0 Å². The molecule has 0 unspecified atom stereocenters. The van der Waals surface area contributed by atoms with E-state index in [-0.39, 0.29) is 0 Å². The van der Waals surface area contributed by atoms with E-state index < -0.39 is 16.6 Å². The first-order chi connectivity index (χ1) is 8.16. The summed E-state index contributed by atoms with van der Waals surface area (Å²) in [4.78, 5) is 0. The van der Waals surface area contributed by atoms with E-state index >= 15 is 0 Å². The zero-order valence-corrected chi connectivity index (χ0v) is 12.8. The largest absolute Gasteiger partial charge is 0.454 e. The number of allylic oxidation sites excluding steroid dienone is 4. The molecular formula is C14H24OSi2. The third-order valence-corrected chi connectivity index (χ3v) is 14.0. The summed E-state index contributed by atoms with van der Waals surface area (Å²) in [6.07, 6.45) is 8.12. The van der Waals surface area contributed by atoms with Gasteiger partial charge in [-0.05, 0) is 36.3 Å². The Balaban J connectivity index is 2.86. The van der Waals surface area contributed by atoms with Crippen LogP contribution < -0.4 is 0 Å². The highest BCUT2D eigenvalue weighted by Gasteiger charge is 2.49. The highest BCUT2D eigenvalue weighted by atomic mass is 28.4. The van der Waals surface area contributed by atoms with Crippen LogP contribution >= 0.6 is 0 Å². The van der Waals surface area contributed by atoms with Crippen LogP contribution in [0.1, 0.15) is 0 Å². The Labute approximate surface area is 108 Å². The summed E-state index contributed by atoms with van der Waals surface area (Å²) in [6, 6.07) is 6.76. The van der Waals surface area contributed by atoms with E-state index in [1.54, 1.807) is 0 Å². The smallest absolute Gasteiger partial charge is 0.187 e. The van der Waals surface area contributed by atoms with Crippen molar-refractivity contribution >= 4 is 16.6 Å². The summed E-state index contributed by atoms with van der Waals surface area (Å²) in [5.41, 5.74) is 0. The molecule has 0 bridgehead atoms. The van der Waals surface area contributed by atoms with Gasteiger partial charge in [-0.2, -0.15) is 0 Å². The minimum absolute atomic E-state index is 1.06. The fraction of sp³-hybridized carbons (Fsp3) is 0.429. The van der Waals surface area contributed by atoms with Crippen molar-refractivity contribution in [1.82, 2.24) is 0 Å². The molecule has 0 aliphatic carbocycles. The fourth-order valence-corrected chi connectivity index (χ4v) is 15.5. The molecule has 1 rings (SSSR count). The van der Waals surface area contributed by atoms with Gasteiger partial charge >= 0.3 is 0 Å². The summed E-state index contributed by atoms with van der Waals surface area (Å²) in [5, 5.41) is 0. The molecule has 0 aromatic carbocycles. The molecule has 0 saturated carbocycles. The van der Waals surface area contributed by atoms with Gasteiger partial charge in [-0.15, -0.1) is 26.3 Å². The Morgan fingerprint density at radius 1 is 0.706 bits per heavy atom. The van der Waals surface area contributed by atoms with Crippen LogP contribution in [0.5, 0.6) is 0 Å². The van der Waals surface area contributed by atoms with Crippen LogP contribution in [0.4, 0.5) is 0 Å². The van der Waals surface area contributed by atoms with Crippen molar-refractivity contribution in [2.24, 2.45) is 0 Å². The summed E-state index contributed by atoms with van der Waals surface area (Å²) in [7, 11) is -3.22. The molecule has 0 aromatic heterocycles. The predicted octanol–water partition coefficient (Wildman–Crippen LogP) is 4.65. The number of hydrogen-bond acceptors (Lipinski definition) is 1. The van der Waals surface area contributed by atoms with Crippen LogP contribution in [0, 0.1) is 0 Å². The summed E-state index contributed by atoms with van der Waals surface area (Å²) in [5.74, 6) is 0. The van der Waals surface area contributed by atoms with Crippen LogP contribution in [0.15, 0.2) is 50.6 Å². The van der Waals surface area contributed by atoms with Crippen LogP contribution in [0.3, 0.4) is 0 Å². The van der Waals surface area contributed by atoms with Crippen molar-refractivity contribution in [3.05, 3.63) is 50.6 Å². The monoisotopic (exact) mass is 264 g/mol. The van der Waals surface area contributed by atoms with Gasteiger partial charge in [-0.3, -0.25) is 0 Å². The molecule has 1 aliphatic rings. The third-order valence-electron chi connectivity index (χ3n) is 3.53. The summed E-state index contributed by atoms with van der Waals surface area (Å²) in [6.45, 7) is 15.5. The number of hydrogen-bond donors (Lipinski definition) is 0. The maximum absolute atomic E-state index is 6.69. The molecular weight excluding hydrogens is 240 g/mol. The van der Waals surface area contributed by atoms with Crippen molar-refractivity contribution in [2.45, 2.75) is 36.3 Å². The van der Waals surface area contributed by atoms with Crippen molar-refractivity contribution < 1.29 is 4.12 Å². The molecule has 1 nitrogen and oxygen atoms in total. The fourth-order valence-electron chi connectivity index (χ4n) is 2.81. The van der Waals surface area contributed by atoms with Crippen LogP contribution in [-0.2, 0) is 4.12 Å². The average Bonchev–Trinajstić information content (AvgIpc) is 2.60. The highest BCUT2D eigenvalue weighted by Crippen LogP contribution is 2.43. The summed E-state index contributed by atoms with van der Waals surface area (Å²) >= 11 is 0. The first-order valence-electron chi connectivity index (χ1n) is 6.30. The van der Waals surface area contributed by atoms with Gasteiger partial charge in [0.05, 0.1) is 0 Å². The lowest BCUT2D eigenvalue weighted by atomic mass is 10.7. The normalized spacial score (nSPS) is 20.7. The SMILES string of the molecule is C=CC[Si]1(CC=C)CC[Si](CC=C)(CC=C)O1. The van der Waals surface area contributed by atoms with E-state index in [0.717, 1.165) is 24.2 Å². The van der Waals surface area contributed by atoms with Crippen molar-refractivity contribution in [2.75, 3.05) is 0 Å². The van der Waals surface area contributed by atoms with Crippen molar-refractivity contribution in [3.8, 4) is 0 Å². The van der Waals surface area contributed by atoms with Gasteiger partial charge in [-0.1, -0.05) is 24.3 Å². The Morgan fingerprint density at radius 2 is 1.00 bits per heavy atom. The average molecular weight is 265 g/mol. The van der Waals surface area contributed by atoms with E-state index in [0.29, 0.717) is 0 Å². The van der Waals surface area contributed by atoms with Crippen LogP contribution in [0.2, 0.25) is 36.3 Å². The maximum atomic E-state index is 6.69.